The standard InChI is InChI=1S/C31H37FO8S/c1-17-6-8-19(9-7-17)41(36,37)38-16-25(35)31-26(39-28(2,3)40-31)14-21-20-13-23(32)22-12-18(33)10-11-29(22,4)27(20)24(34)15-30(21,31)5/h6-12,20-21,23-24,26-27,34H,13-16H2,1-5H3/t20-,21-,23-,24-,26+,27+,29-,30-,31+/m0/s1. The molecule has 41 heavy (non-hydrogen) atoms. The fourth-order valence-corrected chi connectivity index (χ4v) is 9.81. The van der Waals surface area contributed by atoms with E-state index in [4.69, 9.17) is 13.7 Å². The molecule has 3 saturated carbocycles. The Morgan fingerprint density at radius 2 is 1.83 bits per heavy atom. The summed E-state index contributed by atoms with van der Waals surface area (Å²) in [6.45, 7) is 8.21. The lowest BCUT2D eigenvalue weighted by atomic mass is 9.46. The second-order valence-electron chi connectivity index (χ2n) is 13.3. The maximum Gasteiger partial charge on any atom is 0.297 e. The first-order chi connectivity index (χ1) is 19.0. The molecule has 4 aliphatic carbocycles. The van der Waals surface area contributed by atoms with Gasteiger partial charge in [-0.2, -0.15) is 8.42 Å². The molecule has 0 bridgehead atoms. The molecule has 1 aromatic carbocycles. The summed E-state index contributed by atoms with van der Waals surface area (Å²) in [5.74, 6) is -2.96. The van der Waals surface area contributed by atoms with Gasteiger partial charge in [-0.25, -0.2) is 4.39 Å². The molecule has 0 spiro atoms. The van der Waals surface area contributed by atoms with Gasteiger partial charge in [-0.15, -0.1) is 0 Å². The van der Waals surface area contributed by atoms with Crippen LogP contribution in [0.25, 0.3) is 0 Å². The van der Waals surface area contributed by atoms with E-state index < -0.39 is 63.1 Å². The molecule has 10 heteroatoms. The fourth-order valence-electron chi connectivity index (χ4n) is 8.94. The number of carbonyl (C=O) groups is 2. The summed E-state index contributed by atoms with van der Waals surface area (Å²) in [4.78, 5) is 26.2. The first kappa shape index (κ1) is 28.9. The smallest absolute Gasteiger partial charge is 0.297 e. The maximum absolute atomic E-state index is 15.8. The highest BCUT2D eigenvalue weighted by Crippen LogP contribution is 2.70. The van der Waals surface area contributed by atoms with E-state index in [1.807, 2.05) is 20.8 Å². The topological polar surface area (TPSA) is 116 Å². The van der Waals surface area contributed by atoms with Crippen LogP contribution < -0.4 is 0 Å². The summed E-state index contributed by atoms with van der Waals surface area (Å²) in [6, 6.07) is 6.14. The number of ketones is 2. The Balaban J connectivity index is 1.35. The zero-order valence-corrected chi connectivity index (χ0v) is 24.7. The molecule has 1 aliphatic heterocycles. The van der Waals surface area contributed by atoms with Crippen LogP contribution in [0.4, 0.5) is 4.39 Å². The van der Waals surface area contributed by atoms with Crippen LogP contribution in [0, 0.1) is 35.5 Å². The van der Waals surface area contributed by atoms with Crippen LogP contribution in [0.5, 0.6) is 0 Å². The van der Waals surface area contributed by atoms with Crippen molar-refractivity contribution in [2.45, 2.75) is 88.5 Å². The predicted octanol–water partition coefficient (Wildman–Crippen LogP) is 4.00. The summed E-state index contributed by atoms with van der Waals surface area (Å²) in [6.07, 6.45) is 2.11. The number of Topliss-reactive ketones (excluding diaryl/α,β-unsaturated/α-hetero) is 1. The molecule has 1 aromatic rings. The number of carbonyl (C=O) groups excluding carboxylic acids is 2. The second kappa shape index (κ2) is 9.13. The summed E-state index contributed by atoms with van der Waals surface area (Å²) >= 11 is 0. The first-order valence-electron chi connectivity index (χ1n) is 14.2. The van der Waals surface area contributed by atoms with Crippen molar-refractivity contribution in [3.63, 3.8) is 0 Å². The number of aliphatic hydroxyl groups is 1. The minimum atomic E-state index is -4.23. The van der Waals surface area contributed by atoms with Crippen molar-refractivity contribution >= 4 is 21.7 Å². The number of alkyl halides is 1. The number of aryl methyl sites for hydroxylation is 1. The Kier molecular flexibility index (Phi) is 6.43. The van der Waals surface area contributed by atoms with Crippen molar-refractivity contribution in [2.75, 3.05) is 6.61 Å². The van der Waals surface area contributed by atoms with Crippen molar-refractivity contribution < 1.29 is 41.2 Å². The van der Waals surface area contributed by atoms with Gasteiger partial charge in [-0.3, -0.25) is 13.8 Å². The van der Waals surface area contributed by atoms with Gasteiger partial charge in [0.2, 0.25) is 0 Å². The van der Waals surface area contributed by atoms with Crippen molar-refractivity contribution in [3.05, 3.63) is 53.6 Å². The molecule has 1 saturated heterocycles. The van der Waals surface area contributed by atoms with Gasteiger partial charge in [0.05, 0.1) is 17.1 Å². The normalized spacial score (nSPS) is 42.6. The molecule has 0 aromatic heterocycles. The van der Waals surface area contributed by atoms with E-state index in [9.17, 15) is 23.1 Å². The molecule has 1 N–H and O–H groups in total. The summed E-state index contributed by atoms with van der Waals surface area (Å²) in [5.41, 5.74) is -2.17. The van der Waals surface area contributed by atoms with Crippen LogP contribution >= 0.6 is 0 Å². The lowest BCUT2D eigenvalue weighted by molar-refractivity contribution is -0.226. The number of hydrogen-bond donors (Lipinski definition) is 1. The number of hydrogen-bond acceptors (Lipinski definition) is 8. The number of allylic oxidation sites excluding steroid dienone is 4. The van der Waals surface area contributed by atoms with Gasteiger partial charge in [0.25, 0.3) is 10.1 Å². The van der Waals surface area contributed by atoms with Gasteiger partial charge < -0.3 is 14.6 Å². The highest BCUT2D eigenvalue weighted by Gasteiger charge is 2.77. The van der Waals surface area contributed by atoms with Crippen molar-refractivity contribution in [1.82, 2.24) is 0 Å². The highest BCUT2D eigenvalue weighted by molar-refractivity contribution is 7.86. The molecule has 4 fully saturated rings. The van der Waals surface area contributed by atoms with Gasteiger partial charge in [-0.1, -0.05) is 37.6 Å². The van der Waals surface area contributed by atoms with Crippen LogP contribution in [0.3, 0.4) is 0 Å². The molecule has 222 valence electrons. The largest absolute Gasteiger partial charge is 0.393 e. The van der Waals surface area contributed by atoms with E-state index in [0.717, 1.165) is 5.56 Å². The average Bonchev–Trinajstić information content (AvgIpc) is 3.29. The molecular formula is C31H37FO8S. The minimum absolute atomic E-state index is 0.0624. The summed E-state index contributed by atoms with van der Waals surface area (Å²) < 4.78 is 59.7. The summed E-state index contributed by atoms with van der Waals surface area (Å²) in [7, 11) is -4.23. The zero-order chi connectivity index (χ0) is 29.8. The lowest BCUT2D eigenvalue weighted by Crippen LogP contribution is -2.64. The Hall–Kier alpha value is -2.24. The lowest BCUT2D eigenvalue weighted by Gasteiger charge is -2.60. The number of ether oxygens (including phenoxy) is 2. The van der Waals surface area contributed by atoms with Crippen LogP contribution in [-0.2, 0) is 33.4 Å². The number of aliphatic hydroxyl groups excluding tert-OH is 1. The Labute approximate surface area is 240 Å². The van der Waals surface area contributed by atoms with Gasteiger partial charge >= 0.3 is 0 Å². The molecule has 1 heterocycles. The first-order valence-corrected chi connectivity index (χ1v) is 15.6. The molecule has 8 nitrogen and oxygen atoms in total. The third kappa shape index (κ3) is 4.08. The fraction of sp³-hybridized carbons (Fsp3) is 0.613. The highest BCUT2D eigenvalue weighted by atomic mass is 32.2. The Morgan fingerprint density at radius 3 is 2.51 bits per heavy atom. The van der Waals surface area contributed by atoms with E-state index >= 15 is 4.39 Å². The van der Waals surface area contributed by atoms with Crippen LogP contribution in [0.15, 0.2) is 53.0 Å². The van der Waals surface area contributed by atoms with Crippen molar-refractivity contribution in [2.24, 2.45) is 28.6 Å². The number of halogens is 1. The van der Waals surface area contributed by atoms with Gasteiger partial charge in [0.1, 0.15) is 12.8 Å². The van der Waals surface area contributed by atoms with Crippen LogP contribution in [-0.4, -0.2) is 61.5 Å². The average molecular weight is 589 g/mol. The van der Waals surface area contributed by atoms with Crippen molar-refractivity contribution in [3.8, 4) is 0 Å². The monoisotopic (exact) mass is 588 g/mol. The van der Waals surface area contributed by atoms with E-state index in [-0.39, 0.29) is 41.3 Å². The van der Waals surface area contributed by atoms with Gasteiger partial charge in [0, 0.05) is 16.7 Å². The van der Waals surface area contributed by atoms with E-state index in [1.165, 1.54) is 24.3 Å². The van der Waals surface area contributed by atoms with Crippen LogP contribution in [0.2, 0.25) is 0 Å². The van der Waals surface area contributed by atoms with E-state index in [1.54, 1.807) is 32.1 Å². The molecule has 5 aliphatic rings. The second-order valence-corrected chi connectivity index (χ2v) is 15.0. The quantitative estimate of drug-likeness (QED) is 0.514. The molecule has 6 rings (SSSR count). The Morgan fingerprint density at radius 1 is 1.15 bits per heavy atom. The van der Waals surface area contributed by atoms with Crippen molar-refractivity contribution in [1.29, 1.82) is 0 Å². The SMILES string of the molecule is Cc1ccc(S(=O)(=O)OCC(=O)[C@@]23OC(C)(C)O[C@@H]2C[C@H]2[C@@H]4C[C@H](F)C5=CC(=O)C=C[C@]5(C)[C@H]4[C@@H](O)C[C@@]23C)cc1. The van der Waals surface area contributed by atoms with Gasteiger partial charge in [0.15, 0.2) is 23.0 Å². The molecule has 9 atom stereocenters. The van der Waals surface area contributed by atoms with Gasteiger partial charge in [-0.05, 0) is 81.7 Å². The molecular weight excluding hydrogens is 551 g/mol. The number of fused-ring (bicyclic) bond motifs is 7. The molecule has 0 radical (unpaired) electrons. The summed E-state index contributed by atoms with van der Waals surface area (Å²) in [5, 5.41) is 11.7. The third-order valence-corrected chi connectivity index (χ3v) is 11.8. The third-order valence-electron chi connectivity index (χ3n) is 10.5. The maximum atomic E-state index is 15.8. The van der Waals surface area contributed by atoms with E-state index in [2.05, 4.69) is 0 Å². The predicted molar refractivity (Wildman–Crippen MR) is 146 cm³/mol. The molecule has 0 amide bonds. The number of rotatable bonds is 5. The van der Waals surface area contributed by atoms with Crippen LogP contribution in [0.1, 0.15) is 52.5 Å². The minimum Gasteiger partial charge on any atom is -0.393 e. The Bertz CT molecular complexity index is 1460. The number of benzene rings is 1. The molecule has 0 unspecified atom stereocenters. The van der Waals surface area contributed by atoms with E-state index in [0.29, 0.717) is 12.0 Å². The zero-order valence-electron chi connectivity index (χ0n) is 23.9.